The van der Waals surface area contributed by atoms with Gasteiger partial charge in [0.15, 0.2) is 11.5 Å². The highest BCUT2D eigenvalue weighted by atomic mass is 16.7. The number of benzene rings is 2. The Balaban J connectivity index is 1.37. The van der Waals surface area contributed by atoms with Gasteiger partial charge in [-0.05, 0) is 68.8 Å². The number of rotatable bonds is 8. The van der Waals surface area contributed by atoms with Crippen LogP contribution in [0.3, 0.4) is 0 Å². The van der Waals surface area contributed by atoms with Crippen LogP contribution in [0.2, 0.25) is 0 Å². The molecule has 2 heterocycles. The summed E-state index contributed by atoms with van der Waals surface area (Å²) in [7, 11) is 0. The lowest BCUT2D eigenvalue weighted by Crippen LogP contribution is -2.23. The van der Waals surface area contributed by atoms with E-state index in [4.69, 9.17) is 9.47 Å². The predicted octanol–water partition coefficient (Wildman–Crippen LogP) is 4.76. The third kappa shape index (κ3) is 5.60. The first-order valence-electron chi connectivity index (χ1n) is 10.9. The number of amides is 1. The molecule has 1 aliphatic rings. The maximum atomic E-state index is 12.3. The average Bonchev–Trinajstić information content (AvgIpc) is 3.27. The van der Waals surface area contributed by atoms with Crippen molar-refractivity contribution in [3.05, 3.63) is 66.0 Å². The summed E-state index contributed by atoms with van der Waals surface area (Å²) in [5.74, 6) is 3.51. The summed E-state index contributed by atoms with van der Waals surface area (Å²) in [5.41, 5.74) is 2.43. The highest BCUT2D eigenvalue weighted by Crippen LogP contribution is 2.32. The zero-order valence-corrected chi connectivity index (χ0v) is 19.0. The van der Waals surface area contributed by atoms with Crippen molar-refractivity contribution in [2.45, 2.75) is 20.8 Å². The van der Waals surface area contributed by atoms with E-state index in [1.54, 1.807) is 6.08 Å². The SMILES string of the molecule is CCN(CC)c1cc(Nc2ccc(NC(=O)/C=C/c3ccc4c(c3)OCO4)cc2)nc(C)n1. The van der Waals surface area contributed by atoms with Gasteiger partial charge in [-0.15, -0.1) is 0 Å². The van der Waals surface area contributed by atoms with E-state index in [0.29, 0.717) is 23.0 Å². The molecule has 0 unspecified atom stereocenters. The third-order valence-corrected chi connectivity index (χ3v) is 5.16. The minimum atomic E-state index is -0.219. The molecule has 0 aliphatic carbocycles. The predicted molar refractivity (Wildman–Crippen MR) is 130 cm³/mol. The van der Waals surface area contributed by atoms with Crippen LogP contribution in [0.15, 0.2) is 54.6 Å². The van der Waals surface area contributed by atoms with Gasteiger partial charge in [0, 0.05) is 36.6 Å². The maximum absolute atomic E-state index is 12.3. The highest BCUT2D eigenvalue weighted by Gasteiger charge is 2.12. The first kappa shape index (κ1) is 22.1. The second kappa shape index (κ2) is 10.0. The minimum Gasteiger partial charge on any atom is -0.454 e. The van der Waals surface area contributed by atoms with Crippen molar-refractivity contribution >= 4 is 35.0 Å². The van der Waals surface area contributed by atoms with Crippen LogP contribution in [-0.4, -0.2) is 35.8 Å². The van der Waals surface area contributed by atoms with Gasteiger partial charge in [0.25, 0.3) is 0 Å². The number of hydrogen-bond acceptors (Lipinski definition) is 7. The summed E-state index contributed by atoms with van der Waals surface area (Å²) in [5, 5.41) is 6.17. The van der Waals surface area contributed by atoms with Crippen molar-refractivity contribution in [1.82, 2.24) is 9.97 Å². The first-order chi connectivity index (χ1) is 16.0. The molecule has 0 saturated heterocycles. The van der Waals surface area contributed by atoms with E-state index in [2.05, 4.69) is 39.3 Å². The summed E-state index contributed by atoms with van der Waals surface area (Å²) < 4.78 is 10.7. The zero-order chi connectivity index (χ0) is 23.2. The number of nitrogens with one attached hydrogen (secondary N) is 2. The Labute approximate surface area is 193 Å². The molecule has 33 heavy (non-hydrogen) atoms. The Morgan fingerprint density at radius 3 is 2.48 bits per heavy atom. The first-order valence-corrected chi connectivity index (χ1v) is 10.9. The summed E-state index contributed by atoms with van der Waals surface area (Å²) >= 11 is 0. The second-order valence-electron chi connectivity index (χ2n) is 7.47. The van der Waals surface area contributed by atoms with Gasteiger partial charge in [-0.25, -0.2) is 9.97 Å². The molecule has 170 valence electrons. The fraction of sp³-hybridized carbons (Fsp3) is 0.240. The number of fused-ring (bicyclic) bond motifs is 1. The quantitative estimate of drug-likeness (QED) is 0.484. The number of aromatic nitrogens is 2. The van der Waals surface area contributed by atoms with E-state index in [0.717, 1.165) is 36.0 Å². The Hall–Kier alpha value is -4.07. The number of nitrogens with zero attached hydrogens (tertiary/aromatic N) is 3. The molecule has 0 atom stereocenters. The molecule has 2 aromatic carbocycles. The molecular weight excluding hydrogens is 418 g/mol. The van der Waals surface area contributed by atoms with Crippen LogP contribution >= 0.6 is 0 Å². The molecule has 1 aliphatic heterocycles. The topological polar surface area (TPSA) is 88.6 Å². The van der Waals surface area contributed by atoms with E-state index in [9.17, 15) is 4.79 Å². The molecule has 1 aromatic heterocycles. The van der Waals surface area contributed by atoms with Gasteiger partial charge in [0.2, 0.25) is 12.7 Å². The van der Waals surface area contributed by atoms with Crippen molar-refractivity contribution in [2.75, 3.05) is 35.4 Å². The normalized spacial score (nSPS) is 12.1. The summed E-state index contributed by atoms with van der Waals surface area (Å²) in [4.78, 5) is 23.5. The molecule has 8 nitrogen and oxygen atoms in total. The fourth-order valence-electron chi connectivity index (χ4n) is 3.48. The minimum absolute atomic E-state index is 0.219. The number of anilines is 4. The Morgan fingerprint density at radius 1 is 1.00 bits per heavy atom. The van der Waals surface area contributed by atoms with Crippen LogP contribution in [0, 0.1) is 6.92 Å². The van der Waals surface area contributed by atoms with Gasteiger partial charge in [-0.3, -0.25) is 4.79 Å². The second-order valence-corrected chi connectivity index (χ2v) is 7.47. The van der Waals surface area contributed by atoms with Crippen molar-refractivity contribution in [2.24, 2.45) is 0 Å². The van der Waals surface area contributed by atoms with Gasteiger partial charge < -0.3 is 25.0 Å². The summed E-state index contributed by atoms with van der Waals surface area (Å²) in [6, 6.07) is 15.0. The smallest absolute Gasteiger partial charge is 0.248 e. The largest absolute Gasteiger partial charge is 0.454 e. The monoisotopic (exact) mass is 445 g/mol. The van der Waals surface area contributed by atoms with Gasteiger partial charge in [-0.2, -0.15) is 0 Å². The molecular formula is C25H27N5O3. The van der Waals surface area contributed by atoms with Gasteiger partial charge in [0.05, 0.1) is 0 Å². The van der Waals surface area contributed by atoms with Crippen molar-refractivity contribution in [3.8, 4) is 11.5 Å². The standard InChI is InChI=1S/C25H27N5O3/c1-4-30(5-2)24-15-23(26-17(3)27-24)28-19-8-10-20(11-9-19)29-25(31)13-7-18-6-12-21-22(14-18)33-16-32-21/h6-15H,4-5,16H2,1-3H3,(H,29,31)(H,26,27,28)/b13-7+. The van der Waals surface area contributed by atoms with E-state index < -0.39 is 0 Å². The molecule has 8 heteroatoms. The molecule has 0 bridgehead atoms. The summed E-state index contributed by atoms with van der Waals surface area (Å²) in [6.07, 6.45) is 3.22. The molecule has 0 radical (unpaired) electrons. The average molecular weight is 446 g/mol. The Bertz CT molecular complexity index is 1160. The number of ether oxygens (including phenoxy) is 2. The van der Waals surface area contributed by atoms with Crippen LogP contribution in [0.4, 0.5) is 23.0 Å². The van der Waals surface area contributed by atoms with Crippen molar-refractivity contribution in [1.29, 1.82) is 0 Å². The molecule has 0 saturated carbocycles. The van der Waals surface area contributed by atoms with Crippen LogP contribution < -0.4 is 25.0 Å². The molecule has 4 rings (SSSR count). The van der Waals surface area contributed by atoms with Crippen molar-refractivity contribution < 1.29 is 14.3 Å². The van der Waals surface area contributed by atoms with E-state index in [-0.39, 0.29) is 12.7 Å². The fourth-order valence-corrected chi connectivity index (χ4v) is 3.48. The number of carbonyl (C=O) groups excluding carboxylic acids is 1. The van der Waals surface area contributed by atoms with Crippen LogP contribution in [-0.2, 0) is 4.79 Å². The van der Waals surface area contributed by atoms with E-state index in [1.807, 2.05) is 55.5 Å². The molecule has 2 N–H and O–H groups in total. The molecule has 0 spiro atoms. The summed E-state index contributed by atoms with van der Waals surface area (Å²) in [6.45, 7) is 8.07. The maximum Gasteiger partial charge on any atom is 0.248 e. The van der Waals surface area contributed by atoms with Crippen molar-refractivity contribution in [3.63, 3.8) is 0 Å². The van der Waals surface area contributed by atoms with Crippen LogP contribution in [0.25, 0.3) is 6.08 Å². The number of aryl methyl sites for hydroxylation is 1. The van der Waals surface area contributed by atoms with Crippen LogP contribution in [0.1, 0.15) is 25.2 Å². The lowest BCUT2D eigenvalue weighted by Gasteiger charge is -2.20. The molecule has 1 amide bonds. The lowest BCUT2D eigenvalue weighted by atomic mass is 10.2. The van der Waals surface area contributed by atoms with Gasteiger partial charge in [0.1, 0.15) is 17.5 Å². The van der Waals surface area contributed by atoms with Gasteiger partial charge in [-0.1, -0.05) is 6.07 Å². The lowest BCUT2D eigenvalue weighted by molar-refractivity contribution is -0.111. The van der Waals surface area contributed by atoms with Gasteiger partial charge >= 0.3 is 0 Å². The molecule has 3 aromatic rings. The highest BCUT2D eigenvalue weighted by molar-refractivity contribution is 6.02. The zero-order valence-electron chi connectivity index (χ0n) is 19.0. The molecule has 0 fully saturated rings. The number of carbonyl (C=O) groups is 1. The third-order valence-electron chi connectivity index (χ3n) is 5.16. The van der Waals surface area contributed by atoms with E-state index in [1.165, 1.54) is 6.08 Å². The van der Waals surface area contributed by atoms with E-state index >= 15 is 0 Å². The van der Waals surface area contributed by atoms with Crippen LogP contribution in [0.5, 0.6) is 11.5 Å². The Morgan fingerprint density at radius 2 is 1.73 bits per heavy atom. The number of hydrogen-bond donors (Lipinski definition) is 2. The Kier molecular flexibility index (Phi) is 6.73.